The molecule has 1 atom stereocenters. The molecule has 1 amide bonds. The van der Waals surface area contributed by atoms with Crippen molar-refractivity contribution in [2.75, 3.05) is 6.54 Å². The van der Waals surface area contributed by atoms with Gasteiger partial charge in [0.1, 0.15) is 0 Å². The Hall–Kier alpha value is -2.88. The smallest absolute Gasteiger partial charge is 0.254 e. The Kier molecular flexibility index (Phi) is 3.65. The molecule has 0 aliphatic carbocycles. The van der Waals surface area contributed by atoms with Crippen molar-refractivity contribution >= 4 is 5.91 Å². The van der Waals surface area contributed by atoms with E-state index in [4.69, 9.17) is 0 Å². The van der Waals surface area contributed by atoms with Gasteiger partial charge in [0.25, 0.3) is 5.91 Å². The first-order valence-electron chi connectivity index (χ1n) is 8.15. The zero-order chi connectivity index (χ0) is 16.5. The molecule has 0 spiro atoms. The Balaban J connectivity index is 1.67. The Labute approximate surface area is 141 Å². The number of imidazole rings is 1. The maximum absolute atomic E-state index is 12.9. The van der Waals surface area contributed by atoms with Crippen LogP contribution >= 0.6 is 0 Å². The summed E-state index contributed by atoms with van der Waals surface area (Å²) in [7, 11) is 0. The van der Waals surface area contributed by atoms with Crippen molar-refractivity contribution in [3.8, 4) is 0 Å². The minimum atomic E-state index is 0.0659. The zero-order valence-corrected chi connectivity index (χ0v) is 13.6. The third-order valence-electron chi connectivity index (χ3n) is 4.62. The normalized spacial score (nSPS) is 16.7. The number of fused-ring (bicyclic) bond motifs is 1. The fraction of sp³-hybridized carbons (Fsp3) is 0.200. The fourth-order valence-electron chi connectivity index (χ4n) is 3.30. The van der Waals surface area contributed by atoms with Crippen LogP contribution < -0.4 is 0 Å². The molecule has 4 heteroatoms. The van der Waals surface area contributed by atoms with Crippen molar-refractivity contribution in [2.45, 2.75) is 19.4 Å². The molecule has 0 radical (unpaired) electrons. The highest BCUT2D eigenvalue weighted by atomic mass is 16.2. The van der Waals surface area contributed by atoms with Crippen LogP contribution in [0.5, 0.6) is 0 Å². The Morgan fingerprint density at radius 3 is 2.62 bits per heavy atom. The SMILES string of the molecule is Cc1ccc(C(=O)N2Cc3[nH]cnc3C(c3ccccc3)C2)cc1. The number of carbonyl (C=O) groups excluding carboxylic acids is 1. The zero-order valence-electron chi connectivity index (χ0n) is 13.6. The van der Waals surface area contributed by atoms with Crippen LogP contribution in [-0.2, 0) is 6.54 Å². The highest BCUT2D eigenvalue weighted by molar-refractivity contribution is 5.94. The van der Waals surface area contributed by atoms with E-state index >= 15 is 0 Å². The van der Waals surface area contributed by atoms with Crippen LogP contribution in [-0.4, -0.2) is 27.3 Å². The number of nitrogens with one attached hydrogen (secondary N) is 1. The van der Waals surface area contributed by atoms with Gasteiger partial charge < -0.3 is 9.88 Å². The number of aryl methyl sites for hydroxylation is 1. The summed E-state index contributed by atoms with van der Waals surface area (Å²) >= 11 is 0. The lowest BCUT2D eigenvalue weighted by Gasteiger charge is -2.32. The minimum Gasteiger partial charge on any atom is -0.347 e. The van der Waals surface area contributed by atoms with Crippen LogP contribution in [0.25, 0.3) is 0 Å². The number of amides is 1. The molecule has 0 fully saturated rings. The van der Waals surface area contributed by atoms with Gasteiger partial charge in [-0.05, 0) is 24.6 Å². The van der Waals surface area contributed by atoms with Crippen molar-refractivity contribution in [2.24, 2.45) is 0 Å². The lowest BCUT2D eigenvalue weighted by molar-refractivity contribution is 0.0722. The highest BCUT2D eigenvalue weighted by Gasteiger charge is 2.31. The van der Waals surface area contributed by atoms with Gasteiger partial charge in [-0.2, -0.15) is 0 Å². The number of hydrogen-bond donors (Lipinski definition) is 1. The largest absolute Gasteiger partial charge is 0.347 e. The number of H-pyrrole nitrogens is 1. The van der Waals surface area contributed by atoms with Crippen molar-refractivity contribution < 1.29 is 4.79 Å². The minimum absolute atomic E-state index is 0.0659. The predicted octanol–water partition coefficient (Wildman–Crippen LogP) is 3.51. The molecule has 0 bridgehead atoms. The molecule has 4 nitrogen and oxygen atoms in total. The van der Waals surface area contributed by atoms with E-state index < -0.39 is 0 Å². The molecule has 3 aromatic rings. The van der Waals surface area contributed by atoms with Crippen LogP contribution in [0.1, 0.15) is 38.8 Å². The summed E-state index contributed by atoms with van der Waals surface area (Å²) < 4.78 is 0. The van der Waals surface area contributed by atoms with Crippen LogP contribution in [0.2, 0.25) is 0 Å². The second-order valence-corrected chi connectivity index (χ2v) is 6.28. The first-order chi connectivity index (χ1) is 11.7. The summed E-state index contributed by atoms with van der Waals surface area (Å²) in [6.45, 7) is 3.25. The Morgan fingerprint density at radius 2 is 1.88 bits per heavy atom. The van der Waals surface area contributed by atoms with E-state index in [0.717, 1.165) is 22.5 Å². The monoisotopic (exact) mass is 317 g/mol. The summed E-state index contributed by atoms with van der Waals surface area (Å²) in [5.74, 6) is 0.173. The number of aromatic nitrogens is 2. The first-order valence-corrected chi connectivity index (χ1v) is 8.15. The number of aromatic amines is 1. The predicted molar refractivity (Wildman–Crippen MR) is 92.8 cm³/mol. The molecule has 1 aliphatic heterocycles. The van der Waals surface area contributed by atoms with Gasteiger partial charge in [0.15, 0.2) is 0 Å². The maximum atomic E-state index is 12.9. The fourth-order valence-corrected chi connectivity index (χ4v) is 3.30. The molecule has 0 saturated heterocycles. The average molecular weight is 317 g/mol. The van der Waals surface area contributed by atoms with Crippen LogP contribution in [0, 0.1) is 6.92 Å². The quantitative estimate of drug-likeness (QED) is 0.786. The van der Waals surface area contributed by atoms with Crippen LogP contribution in [0.3, 0.4) is 0 Å². The van der Waals surface area contributed by atoms with Crippen molar-refractivity contribution in [1.82, 2.24) is 14.9 Å². The van der Waals surface area contributed by atoms with E-state index in [1.165, 1.54) is 5.56 Å². The molecule has 0 saturated carbocycles. The van der Waals surface area contributed by atoms with Gasteiger partial charge in [0.2, 0.25) is 0 Å². The molecule has 2 heterocycles. The van der Waals surface area contributed by atoms with E-state index in [9.17, 15) is 4.79 Å². The molecule has 24 heavy (non-hydrogen) atoms. The van der Waals surface area contributed by atoms with E-state index in [2.05, 4.69) is 22.1 Å². The lowest BCUT2D eigenvalue weighted by atomic mass is 9.90. The second kappa shape index (κ2) is 5.96. The summed E-state index contributed by atoms with van der Waals surface area (Å²) in [6.07, 6.45) is 1.72. The van der Waals surface area contributed by atoms with Gasteiger partial charge in [-0.3, -0.25) is 4.79 Å². The third kappa shape index (κ3) is 2.60. The Morgan fingerprint density at radius 1 is 1.12 bits per heavy atom. The van der Waals surface area contributed by atoms with Gasteiger partial charge in [0.05, 0.1) is 24.3 Å². The maximum Gasteiger partial charge on any atom is 0.254 e. The number of carbonyl (C=O) groups is 1. The van der Waals surface area contributed by atoms with Crippen molar-refractivity contribution in [3.05, 3.63) is 89.0 Å². The van der Waals surface area contributed by atoms with Gasteiger partial charge in [0, 0.05) is 18.0 Å². The summed E-state index contributed by atoms with van der Waals surface area (Å²) in [5.41, 5.74) is 5.15. The molecule has 4 rings (SSSR count). The van der Waals surface area contributed by atoms with Crippen LogP contribution in [0.15, 0.2) is 60.9 Å². The molecule has 1 unspecified atom stereocenters. The lowest BCUT2D eigenvalue weighted by Crippen LogP contribution is -2.38. The number of nitrogens with zero attached hydrogens (tertiary/aromatic N) is 2. The molecule has 1 aromatic heterocycles. The van der Waals surface area contributed by atoms with Gasteiger partial charge >= 0.3 is 0 Å². The first kappa shape index (κ1) is 14.7. The van der Waals surface area contributed by atoms with Crippen molar-refractivity contribution in [3.63, 3.8) is 0 Å². The second-order valence-electron chi connectivity index (χ2n) is 6.28. The van der Waals surface area contributed by atoms with E-state index in [-0.39, 0.29) is 11.8 Å². The molecule has 1 aliphatic rings. The van der Waals surface area contributed by atoms with Gasteiger partial charge in [-0.1, -0.05) is 48.0 Å². The highest BCUT2D eigenvalue weighted by Crippen LogP contribution is 2.32. The van der Waals surface area contributed by atoms with E-state index in [0.29, 0.717) is 13.1 Å². The van der Waals surface area contributed by atoms with Gasteiger partial charge in [-0.15, -0.1) is 0 Å². The third-order valence-corrected chi connectivity index (χ3v) is 4.62. The summed E-state index contributed by atoms with van der Waals surface area (Å²) in [6, 6.07) is 18.0. The summed E-state index contributed by atoms with van der Waals surface area (Å²) in [4.78, 5) is 22.5. The molecular formula is C20H19N3O. The van der Waals surface area contributed by atoms with E-state index in [1.807, 2.05) is 54.3 Å². The number of rotatable bonds is 2. The molecule has 2 aromatic carbocycles. The van der Waals surface area contributed by atoms with E-state index in [1.54, 1.807) is 6.33 Å². The molecular weight excluding hydrogens is 298 g/mol. The Bertz CT molecular complexity index is 852. The molecule has 120 valence electrons. The average Bonchev–Trinajstić information content (AvgIpc) is 3.10. The van der Waals surface area contributed by atoms with Crippen molar-refractivity contribution in [1.29, 1.82) is 0 Å². The summed E-state index contributed by atoms with van der Waals surface area (Å²) in [5, 5.41) is 0. The standard InChI is InChI=1S/C20H19N3O/c1-14-7-9-16(10-8-14)20(24)23-11-17(15-5-3-2-4-6-15)19-18(12-23)21-13-22-19/h2-10,13,17H,11-12H2,1H3,(H,21,22). The van der Waals surface area contributed by atoms with Gasteiger partial charge in [-0.25, -0.2) is 4.98 Å². The van der Waals surface area contributed by atoms with Crippen LogP contribution in [0.4, 0.5) is 0 Å². The number of benzene rings is 2. The number of hydrogen-bond acceptors (Lipinski definition) is 2. The topological polar surface area (TPSA) is 49.0 Å². The molecule has 1 N–H and O–H groups in total.